The van der Waals surface area contributed by atoms with Crippen LogP contribution < -0.4 is 4.74 Å². The largest absolute Gasteiger partial charge is 0.487 e. The fourth-order valence-electron chi connectivity index (χ4n) is 1.63. The van der Waals surface area contributed by atoms with Gasteiger partial charge in [0.25, 0.3) is 0 Å². The maximum absolute atomic E-state index is 13.9. The van der Waals surface area contributed by atoms with Gasteiger partial charge in [0.1, 0.15) is 23.2 Å². The average Bonchev–Trinajstić information content (AvgIpc) is 2.45. The first-order chi connectivity index (χ1) is 9.91. The van der Waals surface area contributed by atoms with Gasteiger partial charge < -0.3 is 9.84 Å². The fourth-order valence-corrected chi connectivity index (χ4v) is 2.21. The summed E-state index contributed by atoms with van der Waals surface area (Å²) in [7, 11) is 0. The van der Waals surface area contributed by atoms with Crippen molar-refractivity contribution in [3.8, 4) is 5.75 Å². The predicted octanol–water partition coefficient (Wildman–Crippen LogP) is 5.06. The number of hydrogen-bond donors (Lipinski definition) is 1. The summed E-state index contributed by atoms with van der Waals surface area (Å²) in [5, 5.41) is 9.37. The zero-order valence-corrected chi connectivity index (χ0v) is 12.6. The first kappa shape index (κ1) is 15.9. The highest BCUT2D eigenvalue weighted by atomic mass is 35.5. The van der Waals surface area contributed by atoms with E-state index in [4.69, 9.17) is 44.6 Å². The van der Waals surface area contributed by atoms with Crippen LogP contribution in [0.3, 0.4) is 0 Å². The smallest absolute Gasteiger partial charge is 0.338 e. The van der Waals surface area contributed by atoms with Crippen LogP contribution in [0.4, 0.5) is 4.39 Å². The minimum Gasteiger partial charge on any atom is -0.487 e. The molecule has 1 N–H and O–H groups in total. The van der Waals surface area contributed by atoms with Crippen molar-refractivity contribution in [1.29, 1.82) is 0 Å². The molecule has 2 rings (SSSR count). The van der Waals surface area contributed by atoms with Gasteiger partial charge in [-0.3, -0.25) is 0 Å². The third-order valence-electron chi connectivity index (χ3n) is 2.69. The quantitative estimate of drug-likeness (QED) is 0.785. The fraction of sp³-hybridized carbons (Fsp3) is 0.0714. The van der Waals surface area contributed by atoms with E-state index in [1.54, 1.807) is 0 Å². The van der Waals surface area contributed by atoms with E-state index in [2.05, 4.69) is 0 Å². The Morgan fingerprint density at radius 2 is 1.86 bits per heavy atom. The van der Waals surface area contributed by atoms with Crippen molar-refractivity contribution in [1.82, 2.24) is 0 Å². The summed E-state index contributed by atoms with van der Waals surface area (Å²) in [4.78, 5) is 10.9. The van der Waals surface area contributed by atoms with Crippen LogP contribution in [-0.2, 0) is 6.61 Å². The summed E-state index contributed by atoms with van der Waals surface area (Å²) in [5.74, 6) is -1.96. The van der Waals surface area contributed by atoms with Gasteiger partial charge in [0.05, 0.1) is 15.6 Å². The number of carboxylic acid groups (broad SMARTS) is 1. The molecule has 110 valence electrons. The van der Waals surface area contributed by atoms with Crippen molar-refractivity contribution in [2.45, 2.75) is 6.61 Å². The minimum atomic E-state index is -1.35. The highest BCUT2D eigenvalue weighted by Gasteiger charge is 2.15. The molecular weight excluding hydrogens is 342 g/mol. The molecule has 21 heavy (non-hydrogen) atoms. The molecule has 2 aromatic rings. The summed E-state index contributed by atoms with van der Waals surface area (Å²) in [6.07, 6.45) is 0. The van der Waals surface area contributed by atoms with E-state index >= 15 is 0 Å². The lowest BCUT2D eigenvalue weighted by atomic mass is 10.1. The molecule has 0 aliphatic heterocycles. The van der Waals surface area contributed by atoms with E-state index in [0.717, 1.165) is 0 Å². The first-order valence-corrected chi connectivity index (χ1v) is 6.82. The van der Waals surface area contributed by atoms with Crippen LogP contribution in [0.5, 0.6) is 5.75 Å². The Balaban J connectivity index is 2.23. The second-order valence-corrected chi connectivity index (χ2v) is 5.21. The average molecular weight is 350 g/mol. The summed E-state index contributed by atoms with van der Waals surface area (Å²) >= 11 is 17.6. The molecule has 0 bridgehead atoms. The number of carboxylic acids is 1. The van der Waals surface area contributed by atoms with E-state index in [0.29, 0.717) is 0 Å². The molecule has 0 fully saturated rings. The van der Waals surface area contributed by atoms with Gasteiger partial charge in [-0.15, -0.1) is 0 Å². The Hall–Kier alpha value is -1.49. The summed E-state index contributed by atoms with van der Waals surface area (Å²) in [6, 6.07) is 7.02. The molecule has 0 atom stereocenters. The molecule has 3 nitrogen and oxygen atoms in total. The maximum atomic E-state index is 13.9. The third-order valence-corrected chi connectivity index (χ3v) is 3.97. The van der Waals surface area contributed by atoms with Crippen LogP contribution in [0.25, 0.3) is 0 Å². The number of rotatable bonds is 4. The Morgan fingerprint density at radius 1 is 1.14 bits per heavy atom. The Bertz CT molecular complexity index is 704. The van der Waals surface area contributed by atoms with Crippen LogP contribution >= 0.6 is 34.8 Å². The van der Waals surface area contributed by atoms with Crippen molar-refractivity contribution in [2.24, 2.45) is 0 Å². The molecule has 0 aliphatic carbocycles. The number of halogens is 4. The summed E-state index contributed by atoms with van der Waals surface area (Å²) in [6.45, 7) is -0.190. The number of ether oxygens (including phenoxy) is 1. The van der Waals surface area contributed by atoms with Crippen molar-refractivity contribution >= 4 is 40.8 Å². The van der Waals surface area contributed by atoms with Crippen LogP contribution in [-0.4, -0.2) is 11.1 Å². The van der Waals surface area contributed by atoms with E-state index in [9.17, 15) is 9.18 Å². The number of hydrogen-bond acceptors (Lipinski definition) is 2. The second kappa shape index (κ2) is 6.52. The first-order valence-electron chi connectivity index (χ1n) is 5.68. The lowest BCUT2D eigenvalue weighted by molar-refractivity contribution is 0.0691. The molecular formula is C14H8Cl3FO3. The molecule has 0 saturated heterocycles. The van der Waals surface area contributed by atoms with Crippen molar-refractivity contribution in [3.63, 3.8) is 0 Å². The molecule has 0 saturated carbocycles. The van der Waals surface area contributed by atoms with Crippen LogP contribution in [0.15, 0.2) is 30.3 Å². The Morgan fingerprint density at radius 3 is 2.52 bits per heavy atom. The minimum absolute atomic E-state index is 0.0945. The molecule has 7 heteroatoms. The van der Waals surface area contributed by atoms with Crippen molar-refractivity contribution in [2.75, 3.05) is 0 Å². The van der Waals surface area contributed by atoms with E-state index in [-0.39, 0.29) is 33.0 Å². The van der Waals surface area contributed by atoms with Gasteiger partial charge in [0.15, 0.2) is 0 Å². The standard InChI is InChI=1S/C14H8Cl3FO3/c15-9-4-5-10(12(17)11(9)16)21-6-7-2-1-3-8(13(7)18)14(19)20/h1-5H,6H2,(H,19,20). The van der Waals surface area contributed by atoms with Gasteiger partial charge >= 0.3 is 5.97 Å². The Labute approximate surface area is 134 Å². The zero-order chi connectivity index (χ0) is 15.6. The lowest BCUT2D eigenvalue weighted by Crippen LogP contribution is -2.06. The highest BCUT2D eigenvalue weighted by molar-refractivity contribution is 6.48. The van der Waals surface area contributed by atoms with Gasteiger partial charge in [-0.25, -0.2) is 9.18 Å². The van der Waals surface area contributed by atoms with Crippen LogP contribution in [0.2, 0.25) is 15.1 Å². The SMILES string of the molecule is O=C(O)c1cccc(COc2ccc(Cl)c(Cl)c2Cl)c1F. The van der Waals surface area contributed by atoms with Gasteiger partial charge in [0.2, 0.25) is 0 Å². The van der Waals surface area contributed by atoms with Gasteiger partial charge in [-0.05, 0) is 18.2 Å². The van der Waals surface area contributed by atoms with Crippen molar-refractivity contribution in [3.05, 3.63) is 62.3 Å². The number of aromatic carboxylic acids is 1. The van der Waals surface area contributed by atoms with E-state index in [1.807, 2.05) is 0 Å². The number of benzene rings is 2. The maximum Gasteiger partial charge on any atom is 0.338 e. The second-order valence-electron chi connectivity index (χ2n) is 4.05. The molecule has 0 aromatic heterocycles. The predicted molar refractivity (Wildman–Crippen MR) is 79.2 cm³/mol. The normalized spacial score (nSPS) is 10.5. The zero-order valence-electron chi connectivity index (χ0n) is 10.4. The van der Waals surface area contributed by atoms with Gasteiger partial charge in [0, 0.05) is 5.56 Å². The summed E-state index contributed by atoms with van der Waals surface area (Å²) in [5.41, 5.74) is -0.326. The molecule has 2 aromatic carbocycles. The molecule has 0 radical (unpaired) electrons. The van der Waals surface area contributed by atoms with E-state index in [1.165, 1.54) is 30.3 Å². The van der Waals surface area contributed by atoms with E-state index < -0.39 is 17.3 Å². The van der Waals surface area contributed by atoms with Gasteiger partial charge in [-0.2, -0.15) is 0 Å². The third kappa shape index (κ3) is 3.40. The Kier molecular flexibility index (Phi) is 4.93. The topological polar surface area (TPSA) is 46.5 Å². The molecule has 0 spiro atoms. The van der Waals surface area contributed by atoms with Crippen LogP contribution in [0.1, 0.15) is 15.9 Å². The monoisotopic (exact) mass is 348 g/mol. The van der Waals surface area contributed by atoms with Crippen LogP contribution in [0, 0.1) is 5.82 Å². The molecule has 0 unspecified atom stereocenters. The molecule has 0 aliphatic rings. The number of carbonyl (C=O) groups is 1. The summed E-state index contributed by atoms with van der Waals surface area (Å²) < 4.78 is 19.3. The van der Waals surface area contributed by atoms with Gasteiger partial charge in [-0.1, -0.05) is 46.9 Å². The molecule has 0 heterocycles. The van der Waals surface area contributed by atoms with Crippen molar-refractivity contribution < 1.29 is 19.0 Å². The highest BCUT2D eigenvalue weighted by Crippen LogP contribution is 2.37. The lowest BCUT2D eigenvalue weighted by Gasteiger charge is -2.11. The molecule has 0 amide bonds.